The molecule has 6 aromatic rings. The first-order valence-corrected chi connectivity index (χ1v) is 30.1. The second-order valence-electron chi connectivity index (χ2n) is 23.8. The van der Waals surface area contributed by atoms with E-state index in [0.717, 1.165) is 136 Å². The number of nitrogen functional groups attached to an aromatic ring is 1. The number of fused-ring (bicyclic) bond motifs is 2. The monoisotopic (exact) mass is 1120 g/mol. The zero-order valence-corrected chi connectivity index (χ0v) is 47.7. The van der Waals surface area contributed by atoms with Crippen LogP contribution in [0, 0.1) is 18.8 Å². The van der Waals surface area contributed by atoms with E-state index < -0.39 is 18.1 Å². The Kier molecular flexibility index (Phi) is 15.9. The second-order valence-corrected chi connectivity index (χ2v) is 24.7. The Bertz CT molecular complexity index is 3150. The van der Waals surface area contributed by atoms with E-state index in [4.69, 9.17) is 19.7 Å². The summed E-state index contributed by atoms with van der Waals surface area (Å²) in [7, 11) is 0. The summed E-state index contributed by atoms with van der Waals surface area (Å²) in [6.45, 7) is 14.3. The third-order valence-electron chi connectivity index (χ3n) is 17.8. The highest BCUT2D eigenvalue weighted by Gasteiger charge is 2.45. The number of β-amino-alcohol motifs (C(OH)–C–C–N with tert-alkyl or cyclic N) is 1. The van der Waals surface area contributed by atoms with Crippen molar-refractivity contribution >= 4 is 46.2 Å². The predicted molar refractivity (Wildman–Crippen MR) is 311 cm³/mol. The Balaban J connectivity index is 0.582. The molecule has 428 valence electrons. The average molecular weight is 1120 g/mol. The lowest BCUT2D eigenvalue weighted by Gasteiger charge is -2.43. The third kappa shape index (κ3) is 11.8. The number of para-hydroxylation sites is 1. The quantitative estimate of drug-likeness (QED) is 0.0679. The summed E-state index contributed by atoms with van der Waals surface area (Å²) in [5.41, 5.74) is 14.5. The number of ether oxygens (including phenoxy) is 2. The molecule has 0 radical (unpaired) electrons. The number of aromatic nitrogens is 5. The number of nitrogens with two attached hydrogens (primary N) is 1. The Labute approximate surface area is 477 Å². The lowest BCUT2D eigenvalue weighted by atomic mass is 9.91. The number of nitrogens with one attached hydrogen (secondary N) is 1. The van der Waals surface area contributed by atoms with Crippen molar-refractivity contribution in [3.05, 3.63) is 102 Å². The molecular weight excluding hydrogens is 1040 g/mol. The molecule has 6 aliphatic rings. The van der Waals surface area contributed by atoms with Crippen LogP contribution in [0.2, 0.25) is 0 Å². The number of carbonyl (C=O) groups is 2. The first-order chi connectivity index (χ1) is 39.3. The van der Waals surface area contributed by atoms with Gasteiger partial charge in [0.1, 0.15) is 23.8 Å². The number of amides is 2. The van der Waals surface area contributed by atoms with Gasteiger partial charge in [0.15, 0.2) is 17.4 Å². The molecule has 2 amide bonds. The van der Waals surface area contributed by atoms with Gasteiger partial charge in [-0.1, -0.05) is 55.4 Å². The molecule has 5 N–H and O–H groups in total. The molecule has 2 bridgehead atoms. The van der Waals surface area contributed by atoms with Gasteiger partial charge in [0.25, 0.3) is 0 Å². The van der Waals surface area contributed by atoms with Crippen molar-refractivity contribution < 1.29 is 33.8 Å². The van der Waals surface area contributed by atoms with Crippen LogP contribution in [0.15, 0.2) is 89.0 Å². The van der Waals surface area contributed by atoms with Crippen molar-refractivity contribution in [2.75, 3.05) is 72.8 Å². The molecule has 2 unspecified atom stereocenters. The van der Waals surface area contributed by atoms with Crippen LogP contribution in [0.1, 0.15) is 108 Å². The van der Waals surface area contributed by atoms with E-state index in [-0.39, 0.29) is 60.8 Å². The van der Waals surface area contributed by atoms with Gasteiger partial charge in [0.05, 0.1) is 51.8 Å². The number of aliphatic hydroxyl groups excluding tert-OH is 1. The van der Waals surface area contributed by atoms with E-state index in [9.17, 15) is 19.8 Å². The van der Waals surface area contributed by atoms with E-state index in [1.54, 1.807) is 28.4 Å². The van der Waals surface area contributed by atoms with Crippen LogP contribution in [-0.2, 0) is 14.3 Å². The highest BCUT2D eigenvalue weighted by Crippen LogP contribution is 2.41. The normalized spacial score (nSPS) is 25.0. The van der Waals surface area contributed by atoms with Gasteiger partial charge in [-0.15, -0.1) is 21.5 Å². The zero-order chi connectivity index (χ0) is 55.9. The molecule has 5 aliphatic heterocycles. The Morgan fingerprint density at radius 1 is 0.852 bits per heavy atom. The number of phenolic OH excluding ortho intramolecular Hbond substituents is 1. The van der Waals surface area contributed by atoms with Crippen molar-refractivity contribution in [3.8, 4) is 33.3 Å². The fraction of sp³-hybridized carbons (Fsp3) is 0.525. The summed E-state index contributed by atoms with van der Waals surface area (Å²) in [6.07, 6.45) is 9.81. The number of rotatable bonds is 17. The number of aromatic hydroxyl groups is 1. The molecule has 1 saturated carbocycles. The summed E-state index contributed by atoms with van der Waals surface area (Å²) < 4.78 is 19.1. The van der Waals surface area contributed by atoms with Gasteiger partial charge >= 0.3 is 0 Å². The minimum absolute atomic E-state index is 0.0766. The van der Waals surface area contributed by atoms with Gasteiger partial charge in [-0.2, -0.15) is 0 Å². The molecule has 20 heteroatoms. The number of hydrogen-bond acceptors (Lipinski definition) is 18. The maximum absolute atomic E-state index is 14.5. The van der Waals surface area contributed by atoms with Gasteiger partial charge in [0, 0.05) is 113 Å². The number of phenols is 1. The molecule has 12 rings (SSSR count). The molecule has 7 atom stereocenters. The molecule has 4 aromatic heterocycles. The van der Waals surface area contributed by atoms with Crippen LogP contribution in [-0.4, -0.2) is 152 Å². The Hall–Kier alpha value is -6.87. The number of carbonyl (C=O) groups excluding carboxylic acids is 2. The van der Waals surface area contributed by atoms with E-state index in [1.165, 1.54) is 0 Å². The fourth-order valence-electron chi connectivity index (χ4n) is 13.5. The first-order valence-electron chi connectivity index (χ1n) is 29.2. The number of nitrogens with zero attached hydrogens (tertiary/aromatic N) is 10. The number of thiazole rings is 1. The maximum atomic E-state index is 14.5. The van der Waals surface area contributed by atoms with Crippen LogP contribution in [0.3, 0.4) is 0 Å². The predicted octanol–water partition coefficient (Wildman–Crippen LogP) is 7.99. The van der Waals surface area contributed by atoms with Crippen LogP contribution in [0.25, 0.3) is 21.7 Å². The average Bonchev–Trinajstić information content (AvgIpc) is 4.31. The molecule has 1 aliphatic carbocycles. The highest BCUT2D eigenvalue weighted by molar-refractivity contribution is 7.13. The first kappa shape index (κ1) is 54.7. The fourth-order valence-corrected chi connectivity index (χ4v) is 14.3. The van der Waals surface area contributed by atoms with Crippen molar-refractivity contribution in [1.29, 1.82) is 0 Å². The van der Waals surface area contributed by atoms with Crippen LogP contribution >= 0.6 is 11.3 Å². The Morgan fingerprint density at radius 2 is 1.63 bits per heavy atom. The summed E-state index contributed by atoms with van der Waals surface area (Å²) in [6, 6.07) is 22.8. The van der Waals surface area contributed by atoms with Gasteiger partial charge in [-0.25, -0.2) is 9.97 Å². The number of pyridine rings is 1. The van der Waals surface area contributed by atoms with Crippen LogP contribution in [0.5, 0.6) is 11.6 Å². The van der Waals surface area contributed by atoms with Gasteiger partial charge < -0.3 is 59.8 Å². The molecule has 19 nitrogen and oxygen atoms in total. The lowest BCUT2D eigenvalue weighted by molar-refractivity contribution is -0.141. The SMILES string of the molecule is Cc1ncsc1-c1ccc([C@H](C)NC(=O)[C@@H]2C[C@@H](O)CN2C(=O)[C@@H](c2cc(N3CCC[C@@H](CN4CCC(O[C@H]5C[C@H](Oc6cc(N7C8CCC7CN(c7cc(-c9ccccc9O)nnc7N)C8)ccn6)C5)CC4)C3)no2)C(C)C)cc1. The molecule has 6 fully saturated rings. The number of benzene rings is 2. The molecular formula is C61H76N12O7S. The topological polar surface area (TPSA) is 225 Å². The maximum Gasteiger partial charge on any atom is 0.243 e. The van der Waals surface area contributed by atoms with Crippen molar-refractivity contribution in [2.45, 2.75) is 140 Å². The molecule has 2 aromatic carbocycles. The summed E-state index contributed by atoms with van der Waals surface area (Å²) in [5.74, 6) is 1.58. The van der Waals surface area contributed by atoms with Crippen molar-refractivity contribution in [1.82, 2.24) is 40.4 Å². The third-order valence-corrected chi connectivity index (χ3v) is 18.8. The lowest BCUT2D eigenvalue weighted by Crippen LogP contribution is -2.54. The smallest absolute Gasteiger partial charge is 0.243 e. The largest absolute Gasteiger partial charge is 0.507 e. The molecule has 5 saturated heterocycles. The van der Waals surface area contributed by atoms with Crippen molar-refractivity contribution in [3.63, 3.8) is 0 Å². The number of aryl methyl sites for hydroxylation is 1. The summed E-state index contributed by atoms with van der Waals surface area (Å²) in [4.78, 5) is 49.7. The number of likely N-dealkylation sites (tertiary alicyclic amines) is 2. The van der Waals surface area contributed by atoms with Gasteiger partial charge in [0.2, 0.25) is 17.7 Å². The van der Waals surface area contributed by atoms with Crippen LogP contribution in [0.4, 0.5) is 23.0 Å². The van der Waals surface area contributed by atoms with Gasteiger partial charge in [-0.3, -0.25) is 9.59 Å². The number of piperazine rings is 1. The molecule has 0 spiro atoms. The molecule has 81 heavy (non-hydrogen) atoms. The second kappa shape index (κ2) is 23.5. The van der Waals surface area contributed by atoms with E-state index in [1.807, 2.05) is 87.9 Å². The standard InChI is InChI=1S/C61H76N12O7S/c1-36(2)57(61(77)72-34-45(74)25-52(72)60(76)65-37(3)40-11-13-41(14-12-40)58-38(4)64-35-81-58)54-29-55(68-80-54)70-21-7-8-39(31-70)30-69-22-18-46(19-23-69)78-47-26-48(27-47)79-56-24-42(17-20-63-56)73-43-15-16-44(73)33-71(32-43)51-28-50(66-67-59(51)62)49-9-5-6-10-53(49)75/h5-6,9-14,17,20,24,28-29,35-37,39,43-48,52,57,74-75H,7-8,15-16,18-19,21-23,25-27,30-34H2,1-4H3,(H2,62,67)(H,65,76)/t37-,39-,43?,44?,45+,47-,48-,52-,57+/m0/s1. The number of aliphatic hydroxyl groups is 1. The summed E-state index contributed by atoms with van der Waals surface area (Å²) in [5, 5.41) is 37.5. The zero-order valence-electron chi connectivity index (χ0n) is 46.8. The van der Waals surface area contributed by atoms with Crippen molar-refractivity contribution in [2.24, 2.45) is 11.8 Å². The molecule has 9 heterocycles. The number of piperidine rings is 2. The highest BCUT2D eigenvalue weighted by atomic mass is 32.1. The summed E-state index contributed by atoms with van der Waals surface area (Å²) >= 11 is 1.60. The Morgan fingerprint density at radius 3 is 2.37 bits per heavy atom. The van der Waals surface area contributed by atoms with E-state index >= 15 is 0 Å². The minimum Gasteiger partial charge on any atom is -0.507 e. The van der Waals surface area contributed by atoms with Crippen LogP contribution < -0.4 is 30.5 Å². The minimum atomic E-state index is -0.807. The number of anilines is 4. The van der Waals surface area contributed by atoms with Gasteiger partial charge in [-0.05, 0) is 99.6 Å². The van der Waals surface area contributed by atoms with E-state index in [2.05, 4.69) is 62.4 Å². The van der Waals surface area contributed by atoms with E-state index in [0.29, 0.717) is 46.7 Å². The number of hydrogen-bond donors (Lipinski definition) is 4.